The van der Waals surface area contributed by atoms with Crippen molar-refractivity contribution in [1.82, 2.24) is 0 Å². The van der Waals surface area contributed by atoms with Crippen LogP contribution >= 0.6 is 23.2 Å². The van der Waals surface area contributed by atoms with Gasteiger partial charge in [0.1, 0.15) is 0 Å². The molecule has 3 heteroatoms. The first-order valence-corrected chi connectivity index (χ1v) is 7.08. The highest BCUT2D eigenvalue weighted by atomic mass is 35.5. The van der Waals surface area contributed by atoms with E-state index in [0.29, 0.717) is 16.5 Å². The van der Waals surface area contributed by atoms with Crippen LogP contribution in [0.4, 0.5) is 0 Å². The predicted octanol–water partition coefficient (Wildman–Crippen LogP) is 4.67. The van der Waals surface area contributed by atoms with Crippen LogP contribution in [0.25, 0.3) is 0 Å². The summed E-state index contributed by atoms with van der Waals surface area (Å²) in [7, 11) is 0. The highest BCUT2D eigenvalue weighted by molar-refractivity contribution is 6.36. The summed E-state index contributed by atoms with van der Waals surface area (Å²) < 4.78 is 0. The molecule has 0 aliphatic rings. The van der Waals surface area contributed by atoms with Gasteiger partial charge in [-0.3, -0.25) is 0 Å². The molecule has 0 heterocycles. The highest BCUT2D eigenvalue weighted by Gasteiger charge is 2.17. The lowest BCUT2D eigenvalue weighted by Crippen LogP contribution is -2.29. The first kappa shape index (κ1) is 14.4. The maximum absolute atomic E-state index is 6.30. The molecule has 2 unspecified atom stereocenters. The molecule has 0 bridgehead atoms. The third kappa shape index (κ3) is 3.50. The van der Waals surface area contributed by atoms with Crippen molar-refractivity contribution in [3.63, 3.8) is 0 Å². The van der Waals surface area contributed by atoms with Crippen molar-refractivity contribution in [2.75, 3.05) is 0 Å². The molecule has 19 heavy (non-hydrogen) atoms. The molecular formula is C16H17Cl2N. The van der Waals surface area contributed by atoms with Crippen molar-refractivity contribution < 1.29 is 0 Å². The van der Waals surface area contributed by atoms with E-state index >= 15 is 0 Å². The van der Waals surface area contributed by atoms with Crippen LogP contribution in [0.5, 0.6) is 0 Å². The smallest absolute Gasteiger partial charge is 0.0453 e. The number of nitrogens with two attached hydrogens (primary N) is 1. The predicted molar refractivity (Wildman–Crippen MR) is 83.0 cm³/mol. The van der Waals surface area contributed by atoms with E-state index < -0.39 is 0 Å². The number of rotatable bonds is 4. The Kier molecular flexibility index (Phi) is 4.87. The van der Waals surface area contributed by atoms with Gasteiger partial charge in [-0.25, -0.2) is 0 Å². The minimum absolute atomic E-state index is 0.0141. The van der Waals surface area contributed by atoms with Crippen LogP contribution in [-0.2, 0) is 6.42 Å². The normalized spacial score (nSPS) is 14.1. The van der Waals surface area contributed by atoms with Gasteiger partial charge in [0.25, 0.3) is 0 Å². The molecular weight excluding hydrogens is 277 g/mol. The molecule has 2 N–H and O–H groups in total. The lowest BCUT2D eigenvalue weighted by Gasteiger charge is -2.21. The van der Waals surface area contributed by atoms with Crippen LogP contribution in [0.15, 0.2) is 48.5 Å². The number of halogens is 2. The quantitative estimate of drug-likeness (QED) is 0.871. The van der Waals surface area contributed by atoms with Gasteiger partial charge in [-0.05, 0) is 35.6 Å². The Morgan fingerprint density at radius 2 is 1.53 bits per heavy atom. The van der Waals surface area contributed by atoms with Gasteiger partial charge in [0.2, 0.25) is 0 Å². The summed E-state index contributed by atoms with van der Waals surface area (Å²) in [5.74, 6) is 0.258. The average molecular weight is 294 g/mol. The van der Waals surface area contributed by atoms with Crippen LogP contribution < -0.4 is 5.73 Å². The van der Waals surface area contributed by atoms with Crippen LogP contribution in [-0.4, -0.2) is 6.04 Å². The van der Waals surface area contributed by atoms with E-state index in [4.69, 9.17) is 28.9 Å². The SMILES string of the molecule is CC(c1ccccc1)C(N)Cc1c(Cl)cccc1Cl. The summed E-state index contributed by atoms with van der Waals surface area (Å²) in [4.78, 5) is 0. The lowest BCUT2D eigenvalue weighted by molar-refractivity contribution is 0.564. The van der Waals surface area contributed by atoms with Crippen molar-refractivity contribution >= 4 is 23.2 Å². The third-order valence-corrected chi connectivity index (χ3v) is 4.18. The Morgan fingerprint density at radius 1 is 0.947 bits per heavy atom. The molecule has 2 aromatic rings. The van der Waals surface area contributed by atoms with Gasteiger partial charge >= 0.3 is 0 Å². The first-order chi connectivity index (χ1) is 9.09. The molecule has 0 aliphatic carbocycles. The van der Waals surface area contributed by atoms with Crippen LogP contribution in [0, 0.1) is 0 Å². The summed E-state index contributed by atoms with van der Waals surface area (Å²) in [6.45, 7) is 2.13. The standard InChI is InChI=1S/C16H17Cl2N/c1-11(12-6-3-2-4-7-12)16(19)10-13-14(17)8-5-9-15(13)18/h2-9,11,16H,10,19H2,1H3. The van der Waals surface area contributed by atoms with E-state index in [1.807, 2.05) is 36.4 Å². The van der Waals surface area contributed by atoms with E-state index in [9.17, 15) is 0 Å². The van der Waals surface area contributed by atoms with Gasteiger partial charge < -0.3 is 5.73 Å². The minimum Gasteiger partial charge on any atom is -0.327 e. The zero-order valence-electron chi connectivity index (χ0n) is 10.8. The van der Waals surface area contributed by atoms with Crippen LogP contribution in [0.2, 0.25) is 10.0 Å². The topological polar surface area (TPSA) is 26.0 Å². The number of hydrogen-bond donors (Lipinski definition) is 1. The van der Waals surface area contributed by atoms with Crippen molar-refractivity contribution in [1.29, 1.82) is 0 Å². The van der Waals surface area contributed by atoms with Gasteiger partial charge in [-0.1, -0.05) is 66.5 Å². The zero-order valence-corrected chi connectivity index (χ0v) is 12.3. The van der Waals surface area contributed by atoms with Gasteiger partial charge in [0.15, 0.2) is 0 Å². The zero-order chi connectivity index (χ0) is 13.8. The monoisotopic (exact) mass is 293 g/mol. The summed E-state index contributed by atoms with van der Waals surface area (Å²) in [6.07, 6.45) is 0.675. The molecule has 1 nitrogen and oxygen atoms in total. The van der Waals surface area contributed by atoms with E-state index in [1.165, 1.54) is 5.56 Å². The molecule has 0 amide bonds. The van der Waals surface area contributed by atoms with E-state index in [-0.39, 0.29) is 12.0 Å². The van der Waals surface area contributed by atoms with Gasteiger partial charge in [0.05, 0.1) is 0 Å². The Morgan fingerprint density at radius 3 is 2.11 bits per heavy atom. The van der Waals surface area contributed by atoms with Gasteiger partial charge in [-0.15, -0.1) is 0 Å². The fourth-order valence-corrected chi connectivity index (χ4v) is 2.70. The first-order valence-electron chi connectivity index (χ1n) is 6.33. The molecule has 2 rings (SSSR count). The van der Waals surface area contributed by atoms with Gasteiger partial charge in [0, 0.05) is 16.1 Å². The minimum atomic E-state index is -0.0141. The maximum Gasteiger partial charge on any atom is 0.0453 e. The van der Waals surface area contributed by atoms with E-state index in [1.54, 1.807) is 0 Å². The van der Waals surface area contributed by atoms with Crippen molar-refractivity contribution in [3.8, 4) is 0 Å². The molecule has 0 fully saturated rings. The largest absolute Gasteiger partial charge is 0.327 e. The summed E-state index contributed by atoms with van der Waals surface area (Å²) in [5.41, 5.74) is 8.47. The average Bonchev–Trinajstić information content (AvgIpc) is 2.43. The second-order valence-corrected chi connectivity index (χ2v) is 5.58. The van der Waals surface area contributed by atoms with Crippen molar-refractivity contribution in [2.45, 2.75) is 25.3 Å². The summed E-state index contributed by atoms with van der Waals surface area (Å²) >= 11 is 12.4. The molecule has 0 aromatic heterocycles. The molecule has 2 aromatic carbocycles. The summed E-state index contributed by atoms with van der Waals surface area (Å²) in [5, 5.41) is 1.37. The van der Waals surface area contributed by atoms with Crippen LogP contribution in [0.3, 0.4) is 0 Å². The fraction of sp³-hybridized carbons (Fsp3) is 0.250. The van der Waals surface area contributed by atoms with E-state index in [2.05, 4.69) is 19.1 Å². The Hall–Kier alpha value is -1.02. The maximum atomic E-state index is 6.30. The van der Waals surface area contributed by atoms with Crippen molar-refractivity contribution in [3.05, 3.63) is 69.7 Å². The van der Waals surface area contributed by atoms with E-state index in [0.717, 1.165) is 5.56 Å². The second-order valence-electron chi connectivity index (χ2n) is 4.77. The number of benzene rings is 2. The molecule has 0 aliphatic heterocycles. The second kappa shape index (κ2) is 6.42. The summed E-state index contributed by atoms with van der Waals surface area (Å²) in [6, 6.07) is 15.8. The van der Waals surface area contributed by atoms with Gasteiger partial charge in [-0.2, -0.15) is 0 Å². The van der Waals surface area contributed by atoms with Crippen molar-refractivity contribution in [2.24, 2.45) is 5.73 Å². The molecule has 0 spiro atoms. The molecule has 0 saturated heterocycles. The third-order valence-electron chi connectivity index (χ3n) is 3.47. The Balaban J connectivity index is 2.15. The lowest BCUT2D eigenvalue weighted by atomic mass is 9.90. The number of hydrogen-bond acceptors (Lipinski definition) is 1. The molecule has 100 valence electrons. The Bertz CT molecular complexity index is 519. The highest BCUT2D eigenvalue weighted by Crippen LogP contribution is 2.28. The molecule has 0 radical (unpaired) electrons. The Labute approximate surface area is 124 Å². The molecule has 2 atom stereocenters. The van der Waals surface area contributed by atoms with Crippen LogP contribution in [0.1, 0.15) is 24.0 Å². The molecule has 0 saturated carbocycles. The fourth-order valence-electron chi connectivity index (χ4n) is 2.14.